The Labute approximate surface area is 119 Å². The lowest BCUT2D eigenvalue weighted by atomic mass is 10.2. The molecule has 100 valence electrons. The molecule has 0 amide bonds. The molecule has 0 unspecified atom stereocenters. The summed E-state index contributed by atoms with van der Waals surface area (Å²) in [5, 5.41) is 11.5. The van der Waals surface area contributed by atoms with Crippen LogP contribution in [0.2, 0.25) is 0 Å². The van der Waals surface area contributed by atoms with Gasteiger partial charge in [0.2, 0.25) is 0 Å². The van der Waals surface area contributed by atoms with Crippen molar-refractivity contribution >= 4 is 28.5 Å². The summed E-state index contributed by atoms with van der Waals surface area (Å²) in [5.41, 5.74) is 2.70. The number of non-ortho nitro benzene ring substituents is 1. The summed E-state index contributed by atoms with van der Waals surface area (Å²) in [6.45, 7) is 0. The number of rotatable bonds is 4. The summed E-state index contributed by atoms with van der Waals surface area (Å²) >= 11 is 1.58. The molecule has 1 N–H and O–H groups in total. The number of aromatic amines is 1. The van der Waals surface area contributed by atoms with Crippen molar-refractivity contribution in [3.05, 3.63) is 64.2 Å². The normalized spacial score (nSPS) is 10.8. The van der Waals surface area contributed by atoms with E-state index in [4.69, 9.17) is 0 Å². The minimum Gasteiger partial charge on any atom is -0.333 e. The zero-order chi connectivity index (χ0) is 13.9. The van der Waals surface area contributed by atoms with Gasteiger partial charge in [0, 0.05) is 17.9 Å². The number of thioether (sulfide) groups is 1. The lowest BCUT2D eigenvalue weighted by Crippen LogP contribution is -1.86. The van der Waals surface area contributed by atoms with Crippen LogP contribution in [-0.4, -0.2) is 14.9 Å². The van der Waals surface area contributed by atoms with Crippen LogP contribution in [0.5, 0.6) is 0 Å². The van der Waals surface area contributed by atoms with Crippen LogP contribution in [0.3, 0.4) is 0 Å². The fourth-order valence-corrected chi connectivity index (χ4v) is 2.72. The topological polar surface area (TPSA) is 71.8 Å². The first-order chi connectivity index (χ1) is 9.72. The highest BCUT2D eigenvalue weighted by Gasteiger charge is 2.09. The number of fused-ring (bicyclic) bond motifs is 1. The monoisotopic (exact) mass is 285 g/mol. The molecule has 0 atom stereocenters. The molecule has 2 aromatic carbocycles. The average molecular weight is 285 g/mol. The van der Waals surface area contributed by atoms with Crippen LogP contribution in [0.15, 0.2) is 53.7 Å². The number of hydrogen-bond donors (Lipinski definition) is 1. The third-order valence-corrected chi connectivity index (χ3v) is 3.82. The maximum atomic E-state index is 10.7. The molecule has 0 aliphatic carbocycles. The largest absolute Gasteiger partial charge is 0.333 e. The number of benzene rings is 2. The first kappa shape index (κ1) is 12.7. The molecule has 6 heteroatoms. The van der Waals surface area contributed by atoms with Crippen molar-refractivity contribution in [1.82, 2.24) is 9.97 Å². The van der Waals surface area contributed by atoms with E-state index in [1.807, 2.05) is 18.2 Å². The Hall–Kier alpha value is -2.34. The van der Waals surface area contributed by atoms with Crippen LogP contribution in [0, 0.1) is 10.1 Å². The van der Waals surface area contributed by atoms with Gasteiger partial charge in [-0.3, -0.25) is 10.1 Å². The molecule has 1 aromatic heterocycles. The van der Waals surface area contributed by atoms with Gasteiger partial charge < -0.3 is 4.98 Å². The zero-order valence-electron chi connectivity index (χ0n) is 10.4. The standard InChI is InChI=1S/C14H11N3O2S/c18-17(19)11-6-7-12-13(8-11)16-14(15-12)20-9-10-4-2-1-3-5-10/h1-8H,9H2,(H,15,16). The molecule has 5 nitrogen and oxygen atoms in total. The van der Waals surface area contributed by atoms with E-state index in [0.29, 0.717) is 5.52 Å². The Morgan fingerprint density at radius 1 is 1.20 bits per heavy atom. The third-order valence-electron chi connectivity index (χ3n) is 2.87. The molecule has 3 aromatic rings. The van der Waals surface area contributed by atoms with Gasteiger partial charge in [0.15, 0.2) is 5.16 Å². The summed E-state index contributed by atoms with van der Waals surface area (Å²) in [6.07, 6.45) is 0. The Kier molecular flexibility index (Phi) is 3.39. The summed E-state index contributed by atoms with van der Waals surface area (Å²) in [6, 6.07) is 14.7. The Morgan fingerprint density at radius 3 is 2.75 bits per heavy atom. The second-order valence-corrected chi connectivity index (χ2v) is 5.24. The van der Waals surface area contributed by atoms with Crippen molar-refractivity contribution in [2.24, 2.45) is 0 Å². The minimum absolute atomic E-state index is 0.0589. The van der Waals surface area contributed by atoms with Gasteiger partial charge in [-0.2, -0.15) is 0 Å². The Morgan fingerprint density at radius 2 is 2.00 bits per heavy atom. The van der Waals surface area contributed by atoms with Gasteiger partial charge in [-0.1, -0.05) is 42.1 Å². The lowest BCUT2D eigenvalue weighted by molar-refractivity contribution is -0.384. The smallest absolute Gasteiger partial charge is 0.271 e. The first-order valence-corrected chi connectivity index (χ1v) is 7.02. The highest BCUT2D eigenvalue weighted by molar-refractivity contribution is 7.98. The highest BCUT2D eigenvalue weighted by Crippen LogP contribution is 2.25. The maximum absolute atomic E-state index is 10.7. The van der Waals surface area contributed by atoms with E-state index in [2.05, 4.69) is 22.1 Å². The van der Waals surface area contributed by atoms with E-state index in [1.165, 1.54) is 17.7 Å². The zero-order valence-corrected chi connectivity index (χ0v) is 11.3. The first-order valence-electron chi connectivity index (χ1n) is 6.03. The Bertz CT molecular complexity index is 755. The third kappa shape index (κ3) is 2.65. The van der Waals surface area contributed by atoms with Gasteiger partial charge in [0.05, 0.1) is 16.0 Å². The van der Waals surface area contributed by atoms with Gasteiger partial charge in [0.25, 0.3) is 5.69 Å². The molecule has 0 bridgehead atoms. The predicted octanol–water partition coefficient (Wildman–Crippen LogP) is 3.76. The number of H-pyrrole nitrogens is 1. The van der Waals surface area contributed by atoms with Gasteiger partial charge in [-0.25, -0.2) is 4.98 Å². The van der Waals surface area contributed by atoms with Crippen LogP contribution >= 0.6 is 11.8 Å². The van der Waals surface area contributed by atoms with Gasteiger partial charge in [0.1, 0.15) is 0 Å². The second kappa shape index (κ2) is 5.34. The number of nitro benzene ring substituents is 1. The average Bonchev–Trinajstić information content (AvgIpc) is 2.88. The van der Waals surface area contributed by atoms with E-state index in [0.717, 1.165) is 16.4 Å². The van der Waals surface area contributed by atoms with Crippen LogP contribution < -0.4 is 0 Å². The molecule has 0 aliphatic rings. The number of hydrogen-bond acceptors (Lipinski definition) is 4. The highest BCUT2D eigenvalue weighted by atomic mass is 32.2. The van der Waals surface area contributed by atoms with E-state index in [-0.39, 0.29) is 5.69 Å². The fourth-order valence-electron chi connectivity index (χ4n) is 1.88. The molecule has 20 heavy (non-hydrogen) atoms. The maximum Gasteiger partial charge on any atom is 0.271 e. The van der Waals surface area contributed by atoms with Crippen molar-refractivity contribution in [2.75, 3.05) is 0 Å². The van der Waals surface area contributed by atoms with Gasteiger partial charge in [-0.05, 0) is 11.6 Å². The number of nitrogens with one attached hydrogen (secondary N) is 1. The molecule has 0 saturated carbocycles. The molecule has 0 aliphatic heterocycles. The van der Waals surface area contributed by atoms with E-state index in [9.17, 15) is 10.1 Å². The summed E-state index contributed by atoms with van der Waals surface area (Å²) in [4.78, 5) is 17.8. The second-order valence-electron chi connectivity index (χ2n) is 4.27. The Balaban J connectivity index is 1.80. The van der Waals surface area contributed by atoms with Gasteiger partial charge >= 0.3 is 0 Å². The van der Waals surface area contributed by atoms with Crippen LogP contribution in [-0.2, 0) is 5.75 Å². The SMILES string of the molecule is O=[N+]([O-])c1ccc2[nH]c(SCc3ccccc3)nc2c1. The van der Waals surface area contributed by atoms with E-state index >= 15 is 0 Å². The fraction of sp³-hybridized carbons (Fsp3) is 0.0714. The minimum atomic E-state index is -0.412. The number of nitro groups is 1. The van der Waals surface area contributed by atoms with E-state index < -0.39 is 4.92 Å². The summed E-state index contributed by atoms with van der Waals surface area (Å²) < 4.78 is 0. The summed E-state index contributed by atoms with van der Waals surface area (Å²) in [7, 11) is 0. The predicted molar refractivity (Wildman–Crippen MR) is 78.8 cm³/mol. The molecule has 0 radical (unpaired) electrons. The van der Waals surface area contributed by atoms with Crippen LogP contribution in [0.25, 0.3) is 11.0 Å². The van der Waals surface area contributed by atoms with Crippen molar-refractivity contribution in [3.8, 4) is 0 Å². The molecule has 0 saturated heterocycles. The number of aromatic nitrogens is 2. The quantitative estimate of drug-likeness (QED) is 0.450. The van der Waals surface area contributed by atoms with Crippen molar-refractivity contribution in [3.63, 3.8) is 0 Å². The molecular formula is C14H11N3O2S. The lowest BCUT2D eigenvalue weighted by Gasteiger charge is -1.97. The van der Waals surface area contributed by atoms with Crippen LogP contribution in [0.4, 0.5) is 5.69 Å². The molecular weight excluding hydrogens is 274 g/mol. The number of imidazole rings is 1. The molecule has 3 rings (SSSR count). The van der Waals surface area contributed by atoms with Crippen LogP contribution in [0.1, 0.15) is 5.56 Å². The van der Waals surface area contributed by atoms with Crippen molar-refractivity contribution in [2.45, 2.75) is 10.9 Å². The summed E-state index contributed by atoms with van der Waals surface area (Å²) in [5.74, 6) is 0.808. The number of nitrogens with zero attached hydrogens (tertiary/aromatic N) is 2. The van der Waals surface area contributed by atoms with Gasteiger partial charge in [-0.15, -0.1) is 0 Å². The molecule has 1 heterocycles. The van der Waals surface area contributed by atoms with E-state index in [1.54, 1.807) is 17.8 Å². The van der Waals surface area contributed by atoms with Crippen molar-refractivity contribution < 1.29 is 4.92 Å². The molecule has 0 spiro atoms. The molecule has 0 fully saturated rings. The van der Waals surface area contributed by atoms with Crippen molar-refractivity contribution in [1.29, 1.82) is 0 Å².